The van der Waals surface area contributed by atoms with E-state index in [0.29, 0.717) is 6.10 Å². The summed E-state index contributed by atoms with van der Waals surface area (Å²) in [6, 6.07) is 0.905. The molecule has 18 heavy (non-hydrogen) atoms. The van der Waals surface area contributed by atoms with Gasteiger partial charge in [-0.25, -0.2) is 0 Å². The summed E-state index contributed by atoms with van der Waals surface area (Å²) < 4.78 is 5.52. The SMILES string of the molecule is CCCCN(CCNCCCOC(C)C)C1CC1. The summed E-state index contributed by atoms with van der Waals surface area (Å²) in [6.07, 6.45) is 6.99. The van der Waals surface area contributed by atoms with Crippen LogP contribution in [-0.2, 0) is 4.74 Å². The van der Waals surface area contributed by atoms with E-state index in [1.165, 1.54) is 38.8 Å². The summed E-state index contributed by atoms with van der Waals surface area (Å²) in [4.78, 5) is 2.67. The van der Waals surface area contributed by atoms with Gasteiger partial charge >= 0.3 is 0 Å². The van der Waals surface area contributed by atoms with Gasteiger partial charge in [-0.2, -0.15) is 0 Å². The van der Waals surface area contributed by atoms with Crippen LogP contribution in [0.5, 0.6) is 0 Å². The minimum Gasteiger partial charge on any atom is -0.379 e. The van der Waals surface area contributed by atoms with Crippen molar-refractivity contribution >= 4 is 0 Å². The number of ether oxygens (including phenoxy) is 1. The molecule has 3 heteroatoms. The molecule has 108 valence electrons. The molecule has 0 heterocycles. The van der Waals surface area contributed by atoms with Crippen molar-refractivity contribution in [3.05, 3.63) is 0 Å². The van der Waals surface area contributed by atoms with Crippen LogP contribution in [0.15, 0.2) is 0 Å². The van der Waals surface area contributed by atoms with Gasteiger partial charge in [0.15, 0.2) is 0 Å². The molecule has 3 nitrogen and oxygen atoms in total. The number of hydrogen-bond acceptors (Lipinski definition) is 3. The zero-order valence-corrected chi connectivity index (χ0v) is 12.6. The maximum atomic E-state index is 5.52. The fraction of sp³-hybridized carbons (Fsp3) is 1.00. The van der Waals surface area contributed by atoms with E-state index >= 15 is 0 Å². The molecule has 0 spiro atoms. The first-order chi connectivity index (χ1) is 8.74. The molecule has 0 aromatic carbocycles. The zero-order chi connectivity index (χ0) is 13.2. The molecule has 1 fully saturated rings. The molecular formula is C15H32N2O. The van der Waals surface area contributed by atoms with Crippen LogP contribution in [0.1, 0.15) is 52.9 Å². The van der Waals surface area contributed by atoms with Gasteiger partial charge in [-0.15, -0.1) is 0 Å². The predicted octanol–water partition coefficient (Wildman–Crippen LogP) is 2.66. The average Bonchev–Trinajstić information content (AvgIpc) is 3.15. The van der Waals surface area contributed by atoms with Crippen molar-refractivity contribution in [2.75, 3.05) is 32.8 Å². The molecule has 0 aliphatic heterocycles. The van der Waals surface area contributed by atoms with E-state index in [9.17, 15) is 0 Å². The lowest BCUT2D eigenvalue weighted by molar-refractivity contribution is 0.0770. The van der Waals surface area contributed by atoms with E-state index in [4.69, 9.17) is 4.74 Å². The van der Waals surface area contributed by atoms with Gasteiger partial charge in [0.1, 0.15) is 0 Å². The highest BCUT2D eigenvalue weighted by Gasteiger charge is 2.27. The van der Waals surface area contributed by atoms with Crippen LogP contribution in [0.3, 0.4) is 0 Å². The van der Waals surface area contributed by atoms with Crippen molar-refractivity contribution in [2.45, 2.75) is 65.0 Å². The van der Waals surface area contributed by atoms with E-state index in [1.54, 1.807) is 0 Å². The monoisotopic (exact) mass is 256 g/mol. The number of nitrogens with one attached hydrogen (secondary N) is 1. The molecule has 1 saturated carbocycles. The zero-order valence-electron chi connectivity index (χ0n) is 12.6. The van der Waals surface area contributed by atoms with Crippen LogP contribution in [0.4, 0.5) is 0 Å². The molecule has 1 rings (SSSR count). The van der Waals surface area contributed by atoms with Gasteiger partial charge in [-0.1, -0.05) is 13.3 Å². The Hall–Kier alpha value is -0.120. The molecule has 1 N–H and O–H groups in total. The molecule has 0 aromatic rings. The largest absolute Gasteiger partial charge is 0.379 e. The summed E-state index contributed by atoms with van der Waals surface area (Å²) in [6.45, 7) is 12.1. The third-order valence-corrected chi connectivity index (χ3v) is 3.39. The third kappa shape index (κ3) is 8.06. The van der Waals surface area contributed by atoms with Crippen LogP contribution >= 0.6 is 0 Å². The Morgan fingerprint density at radius 3 is 2.56 bits per heavy atom. The highest BCUT2D eigenvalue weighted by atomic mass is 16.5. The van der Waals surface area contributed by atoms with Crippen molar-refractivity contribution in [2.24, 2.45) is 0 Å². The molecular weight excluding hydrogens is 224 g/mol. The maximum absolute atomic E-state index is 5.52. The van der Waals surface area contributed by atoms with Gasteiger partial charge in [0.2, 0.25) is 0 Å². The summed E-state index contributed by atoms with van der Waals surface area (Å²) in [5, 5.41) is 3.53. The van der Waals surface area contributed by atoms with Gasteiger partial charge in [-0.3, -0.25) is 4.90 Å². The molecule has 1 aliphatic carbocycles. The second-order valence-electron chi connectivity index (χ2n) is 5.64. The quantitative estimate of drug-likeness (QED) is 0.543. The van der Waals surface area contributed by atoms with E-state index in [0.717, 1.165) is 32.2 Å². The second kappa shape index (κ2) is 9.76. The Balaban J connectivity index is 1.91. The Morgan fingerprint density at radius 1 is 1.17 bits per heavy atom. The minimum atomic E-state index is 0.365. The van der Waals surface area contributed by atoms with Crippen LogP contribution < -0.4 is 5.32 Å². The average molecular weight is 256 g/mol. The summed E-state index contributed by atoms with van der Waals surface area (Å²) in [5.74, 6) is 0. The first-order valence-corrected chi connectivity index (χ1v) is 7.80. The Morgan fingerprint density at radius 2 is 1.94 bits per heavy atom. The van der Waals surface area contributed by atoms with Gasteiger partial charge < -0.3 is 10.1 Å². The first kappa shape index (κ1) is 15.9. The molecule has 1 aliphatic rings. The maximum Gasteiger partial charge on any atom is 0.0518 e. The van der Waals surface area contributed by atoms with Gasteiger partial charge in [0.25, 0.3) is 0 Å². The Labute approximate surface area is 113 Å². The van der Waals surface area contributed by atoms with Crippen molar-refractivity contribution in [3.63, 3.8) is 0 Å². The number of unbranched alkanes of at least 4 members (excludes halogenated alkanes) is 1. The van der Waals surface area contributed by atoms with E-state index in [1.807, 2.05) is 0 Å². The minimum absolute atomic E-state index is 0.365. The van der Waals surface area contributed by atoms with E-state index < -0.39 is 0 Å². The number of rotatable bonds is 12. The highest BCUT2D eigenvalue weighted by molar-refractivity contribution is 4.84. The Bertz CT molecular complexity index is 193. The normalized spacial score (nSPS) is 15.8. The summed E-state index contributed by atoms with van der Waals surface area (Å²) in [5.41, 5.74) is 0. The first-order valence-electron chi connectivity index (χ1n) is 7.80. The van der Waals surface area contributed by atoms with Crippen molar-refractivity contribution < 1.29 is 4.74 Å². The topological polar surface area (TPSA) is 24.5 Å². The standard InChI is InChI=1S/C15H32N2O/c1-4-5-11-17(15-7-8-15)12-10-16-9-6-13-18-14(2)3/h14-16H,4-13H2,1-3H3. The van der Waals surface area contributed by atoms with Crippen molar-refractivity contribution in [1.82, 2.24) is 10.2 Å². The van der Waals surface area contributed by atoms with Crippen LogP contribution in [-0.4, -0.2) is 49.8 Å². The molecule has 0 amide bonds. The lowest BCUT2D eigenvalue weighted by Crippen LogP contribution is -2.35. The molecule has 0 saturated heterocycles. The van der Waals surface area contributed by atoms with Crippen LogP contribution in [0.2, 0.25) is 0 Å². The fourth-order valence-electron chi connectivity index (χ4n) is 2.14. The Kier molecular flexibility index (Phi) is 8.64. The number of hydrogen-bond donors (Lipinski definition) is 1. The third-order valence-electron chi connectivity index (χ3n) is 3.39. The molecule has 0 bridgehead atoms. The van der Waals surface area contributed by atoms with Crippen molar-refractivity contribution in [3.8, 4) is 0 Å². The van der Waals surface area contributed by atoms with Gasteiger partial charge in [-0.05, 0) is 52.6 Å². The summed E-state index contributed by atoms with van der Waals surface area (Å²) in [7, 11) is 0. The second-order valence-corrected chi connectivity index (χ2v) is 5.64. The predicted molar refractivity (Wildman–Crippen MR) is 78.1 cm³/mol. The van der Waals surface area contributed by atoms with Gasteiger partial charge in [0.05, 0.1) is 6.10 Å². The summed E-state index contributed by atoms with van der Waals surface area (Å²) >= 11 is 0. The highest BCUT2D eigenvalue weighted by Crippen LogP contribution is 2.26. The molecule has 0 radical (unpaired) electrons. The number of nitrogens with zero attached hydrogens (tertiary/aromatic N) is 1. The molecule has 0 unspecified atom stereocenters. The van der Waals surface area contributed by atoms with E-state index in [-0.39, 0.29) is 0 Å². The lowest BCUT2D eigenvalue weighted by Gasteiger charge is -2.21. The fourth-order valence-corrected chi connectivity index (χ4v) is 2.14. The smallest absolute Gasteiger partial charge is 0.0518 e. The molecule has 0 atom stereocenters. The van der Waals surface area contributed by atoms with Crippen LogP contribution in [0.25, 0.3) is 0 Å². The van der Waals surface area contributed by atoms with E-state index in [2.05, 4.69) is 31.0 Å². The van der Waals surface area contributed by atoms with Gasteiger partial charge in [0, 0.05) is 25.7 Å². The lowest BCUT2D eigenvalue weighted by atomic mass is 10.3. The molecule has 0 aromatic heterocycles. The van der Waals surface area contributed by atoms with Crippen LogP contribution in [0, 0.1) is 0 Å². The van der Waals surface area contributed by atoms with Crippen molar-refractivity contribution in [1.29, 1.82) is 0 Å².